The molecule has 2 bridgehead atoms. The van der Waals surface area contributed by atoms with Gasteiger partial charge < -0.3 is 9.84 Å². The summed E-state index contributed by atoms with van der Waals surface area (Å²) in [5, 5.41) is 9.65. The Morgan fingerprint density at radius 1 is 1.42 bits per heavy atom. The maximum absolute atomic E-state index is 10.7. The SMILES string of the molecule is CC(=O)O[C@@H]1[C@H]2CC[C@@H](C2)[C@@H]1O. The third-order valence-corrected chi connectivity index (χ3v) is 3.10. The normalized spacial score (nSPS) is 44.8. The van der Waals surface area contributed by atoms with Gasteiger partial charge in [-0.05, 0) is 31.1 Å². The van der Waals surface area contributed by atoms with E-state index >= 15 is 0 Å². The Bertz CT molecular complexity index is 200. The summed E-state index contributed by atoms with van der Waals surface area (Å²) in [6, 6.07) is 0. The lowest BCUT2D eigenvalue weighted by Gasteiger charge is -2.26. The van der Waals surface area contributed by atoms with Crippen molar-refractivity contribution >= 4 is 5.97 Å². The van der Waals surface area contributed by atoms with Crippen molar-refractivity contribution in [3.05, 3.63) is 0 Å². The van der Waals surface area contributed by atoms with Crippen LogP contribution in [-0.4, -0.2) is 23.3 Å². The number of ether oxygens (including phenoxy) is 1. The molecule has 0 aliphatic heterocycles. The second kappa shape index (κ2) is 2.73. The van der Waals surface area contributed by atoms with Crippen LogP contribution in [0.25, 0.3) is 0 Å². The average molecular weight is 170 g/mol. The third kappa shape index (κ3) is 1.12. The highest BCUT2D eigenvalue weighted by molar-refractivity contribution is 5.66. The van der Waals surface area contributed by atoms with Crippen LogP contribution in [0.4, 0.5) is 0 Å². The third-order valence-electron chi connectivity index (χ3n) is 3.10. The molecule has 0 aromatic rings. The molecule has 12 heavy (non-hydrogen) atoms. The molecule has 3 nitrogen and oxygen atoms in total. The molecule has 0 aromatic heterocycles. The van der Waals surface area contributed by atoms with Crippen molar-refractivity contribution in [1.29, 1.82) is 0 Å². The number of esters is 1. The molecule has 0 radical (unpaired) electrons. The average Bonchev–Trinajstić information content (AvgIpc) is 2.53. The number of carbonyl (C=O) groups is 1. The van der Waals surface area contributed by atoms with Crippen LogP contribution in [0, 0.1) is 11.8 Å². The van der Waals surface area contributed by atoms with Crippen molar-refractivity contribution in [3.8, 4) is 0 Å². The minimum atomic E-state index is -0.396. The van der Waals surface area contributed by atoms with Crippen molar-refractivity contribution in [1.82, 2.24) is 0 Å². The first kappa shape index (κ1) is 8.05. The van der Waals surface area contributed by atoms with Crippen LogP contribution in [0.3, 0.4) is 0 Å². The van der Waals surface area contributed by atoms with Crippen LogP contribution in [0.1, 0.15) is 26.2 Å². The molecule has 2 aliphatic rings. The van der Waals surface area contributed by atoms with Gasteiger partial charge in [-0.1, -0.05) is 0 Å². The monoisotopic (exact) mass is 170 g/mol. The summed E-state index contributed by atoms with van der Waals surface area (Å²) in [6.45, 7) is 1.40. The van der Waals surface area contributed by atoms with E-state index in [9.17, 15) is 9.90 Å². The van der Waals surface area contributed by atoms with Crippen LogP contribution >= 0.6 is 0 Å². The van der Waals surface area contributed by atoms with E-state index in [1.165, 1.54) is 6.92 Å². The molecule has 0 spiro atoms. The fourth-order valence-corrected chi connectivity index (χ4v) is 2.57. The lowest BCUT2D eigenvalue weighted by molar-refractivity contribution is -0.155. The van der Waals surface area contributed by atoms with Gasteiger partial charge in [-0.15, -0.1) is 0 Å². The Labute approximate surface area is 71.7 Å². The van der Waals surface area contributed by atoms with E-state index in [0.29, 0.717) is 11.8 Å². The first-order valence-corrected chi connectivity index (χ1v) is 4.54. The second-order valence-electron chi connectivity index (χ2n) is 3.90. The smallest absolute Gasteiger partial charge is 0.303 e. The van der Waals surface area contributed by atoms with Gasteiger partial charge >= 0.3 is 5.97 Å². The van der Waals surface area contributed by atoms with E-state index in [1.807, 2.05) is 0 Å². The lowest BCUT2D eigenvalue weighted by atomic mass is 9.95. The number of fused-ring (bicyclic) bond motifs is 2. The van der Waals surface area contributed by atoms with E-state index < -0.39 is 6.10 Å². The van der Waals surface area contributed by atoms with E-state index in [0.717, 1.165) is 19.3 Å². The Hall–Kier alpha value is -0.570. The van der Waals surface area contributed by atoms with Crippen LogP contribution in [0.2, 0.25) is 0 Å². The van der Waals surface area contributed by atoms with Crippen LogP contribution in [-0.2, 0) is 9.53 Å². The maximum Gasteiger partial charge on any atom is 0.303 e. The summed E-state index contributed by atoms with van der Waals surface area (Å²) in [5.74, 6) is 0.542. The van der Waals surface area contributed by atoms with Gasteiger partial charge in [0.15, 0.2) is 0 Å². The van der Waals surface area contributed by atoms with Gasteiger partial charge in [0.2, 0.25) is 0 Å². The standard InChI is InChI=1S/C9H14O3/c1-5(10)12-9-7-3-2-6(4-7)8(9)11/h6-9,11H,2-4H2,1H3/t6-,7-,8-,9+/m0/s1. The van der Waals surface area contributed by atoms with E-state index in [-0.39, 0.29) is 12.1 Å². The van der Waals surface area contributed by atoms with E-state index in [2.05, 4.69) is 0 Å². The number of aliphatic hydroxyl groups is 1. The molecule has 0 saturated heterocycles. The van der Waals surface area contributed by atoms with Crippen molar-refractivity contribution in [2.75, 3.05) is 0 Å². The van der Waals surface area contributed by atoms with Gasteiger partial charge in [0.25, 0.3) is 0 Å². The van der Waals surface area contributed by atoms with Crippen molar-refractivity contribution in [3.63, 3.8) is 0 Å². The van der Waals surface area contributed by atoms with Crippen molar-refractivity contribution in [2.45, 2.75) is 38.4 Å². The van der Waals surface area contributed by atoms with Crippen LogP contribution in [0.5, 0.6) is 0 Å². The van der Waals surface area contributed by atoms with Crippen LogP contribution in [0.15, 0.2) is 0 Å². The summed E-state index contributed by atoms with van der Waals surface area (Å²) in [7, 11) is 0. The Morgan fingerprint density at radius 3 is 2.58 bits per heavy atom. The zero-order chi connectivity index (χ0) is 8.72. The number of aliphatic hydroxyl groups excluding tert-OH is 1. The molecular weight excluding hydrogens is 156 g/mol. The van der Waals surface area contributed by atoms with Gasteiger partial charge in [-0.3, -0.25) is 4.79 Å². The van der Waals surface area contributed by atoms with Gasteiger partial charge in [0.05, 0.1) is 6.10 Å². The summed E-state index contributed by atoms with van der Waals surface area (Å²) < 4.78 is 5.07. The van der Waals surface area contributed by atoms with Crippen molar-refractivity contribution in [2.24, 2.45) is 11.8 Å². The predicted octanol–water partition coefficient (Wildman–Crippen LogP) is 0.709. The minimum Gasteiger partial charge on any atom is -0.459 e. The molecule has 2 rings (SSSR count). The summed E-state index contributed by atoms with van der Waals surface area (Å²) in [4.78, 5) is 10.7. The number of hydrogen-bond acceptors (Lipinski definition) is 3. The predicted molar refractivity (Wildman–Crippen MR) is 42.4 cm³/mol. The highest BCUT2D eigenvalue weighted by Gasteiger charge is 2.48. The molecule has 4 atom stereocenters. The van der Waals surface area contributed by atoms with Gasteiger partial charge in [0, 0.05) is 6.92 Å². The Morgan fingerprint density at radius 2 is 2.08 bits per heavy atom. The summed E-state index contributed by atoms with van der Waals surface area (Å²) in [5.41, 5.74) is 0. The number of carbonyl (C=O) groups excluding carboxylic acids is 1. The molecule has 2 aliphatic carbocycles. The van der Waals surface area contributed by atoms with E-state index in [1.54, 1.807) is 0 Å². The molecule has 1 N–H and O–H groups in total. The van der Waals surface area contributed by atoms with E-state index in [4.69, 9.17) is 4.74 Å². The first-order chi connectivity index (χ1) is 5.68. The lowest BCUT2D eigenvalue weighted by Crippen LogP contribution is -2.35. The fourth-order valence-electron chi connectivity index (χ4n) is 2.57. The van der Waals surface area contributed by atoms with Gasteiger partial charge in [-0.2, -0.15) is 0 Å². The molecule has 3 heteroatoms. The minimum absolute atomic E-state index is 0.207. The largest absolute Gasteiger partial charge is 0.459 e. The second-order valence-corrected chi connectivity index (χ2v) is 3.90. The molecule has 0 unspecified atom stereocenters. The maximum atomic E-state index is 10.7. The highest BCUT2D eigenvalue weighted by Crippen LogP contribution is 2.45. The number of hydrogen-bond donors (Lipinski definition) is 1. The Kier molecular flexibility index (Phi) is 1.83. The molecule has 68 valence electrons. The summed E-state index contributed by atoms with van der Waals surface area (Å²) >= 11 is 0. The molecule has 2 fully saturated rings. The zero-order valence-corrected chi connectivity index (χ0v) is 7.19. The van der Waals surface area contributed by atoms with Crippen LogP contribution < -0.4 is 0 Å². The molecule has 0 amide bonds. The summed E-state index contributed by atoms with van der Waals surface area (Å²) in [6.07, 6.45) is 2.65. The molecule has 0 aromatic carbocycles. The van der Waals surface area contributed by atoms with Gasteiger partial charge in [-0.25, -0.2) is 0 Å². The fraction of sp³-hybridized carbons (Fsp3) is 0.889. The molecular formula is C9H14O3. The first-order valence-electron chi connectivity index (χ1n) is 4.54. The number of rotatable bonds is 1. The molecule has 2 saturated carbocycles. The van der Waals surface area contributed by atoms with Crippen molar-refractivity contribution < 1.29 is 14.6 Å². The topological polar surface area (TPSA) is 46.5 Å². The van der Waals surface area contributed by atoms with Gasteiger partial charge in [0.1, 0.15) is 6.10 Å². The quantitative estimate of drug-likeness (QED) is 0.589. The Balaban J connectivity index is 2.02. The molecule has 0 heterocycles. The highest BCUT2D eigenvalue weighted by atomic mass is 16.6. The zero-order valence-electron chi connectivity index (χ0n) is 7.19.